The van der Waals surface area contributed by atoms with Gasteiger partial charge in [-0.25, -0.2) is 4.98 Å². The summed E-state index contributed by atoms with van der Waals surface area (Å²) >= 11 is 8.91. The molecule has 0 spiro atoms. The Labute approximate surface area is 140 Å². The molecule has 1 aromatic carbocycles. The van der Waals surface area contributed by atoms with Gasteiger partial charge >= 0.3 is 0 Å². The van der Waals surface area contributed by atoms with Crippen LogP contribution in [-0.4, -0.2) is 24.5 Å². The van der Waals surface area contributed by atoms with E-state index in [1.165, 1.54) is 22.7 Å². The van der Waals surface area contributed by atoms with Crippen molar-refractivity contribution in [1.82, 2.24) is 10.3 Å². The van der Waals surface area contributed by atoms with Gasteiger partial charge in [0.25, 0.3) is 5.91 Å². The molecule has 2 heterocycles. The summed E-state index contributed by atoms with van der Waals surface area (Å²) in [5, 5.41) is 2.90. The highest BCUT2D eigenvalue weighted by atomic mass is 35.5. The van der Waals surface area contributed by atoms with Crippen LogP contribution in [-0.2, 0) is 4.74 Å². The molecule has 0 aliphatic rings. The number of fused-ring (bicyclic) bond motifs is 1. The summed E-state index contributed by atoms with van der Waals surface area (Å²) in [7, 11) is 1.62. The lowest BCUT2D eigenvalue weighted by Gasteiger charge is -2.14. The van der Waals surface area contributed by atoms with E-state index < -0.39 is 0 Å². The number of thiazole rings is 1. The van der Waals surface area contributed by atoms with Gasteiger partial charge in [-0.05, 0) is 30.3 Å². The minimum Gasteiger partial charge on any atom is -0.374 e. The first-order valence-corrected chi connectivity index (χ1v) is 8.64. The van der Waals surface area contributed by atoms with Gasteiger partial charge in [-0.2, -0.15) is 0 Å². The Kier molecular flexibility index (Phi) is 4.73. The van der Waals surface area contributed by atoms with Crippen molar-refractivity contribution in [3.05, 3.63) is 50.6 Å². The van der Waals surface area contributed by atoms with E-state index in [1.807, 2.05) is 24.3 Å². The molecule has 2 aromatic heterocycles. The van der Waals surface area contributed by atoms with Crippen molar-refractivity contribution in [3.8, 4) is 0 Å². The summed E-state index contributed by atoms with van der Waals surface area (Å²) in [4.78, 5) is 17.5. The number of carbonyl (C=O) groups is 1. The van der Waals surface area contributed by atoms with Crippen LogP contribution in [0.15, 0.2) is 35.8 Å². The summed E-state index contributed by atoms with van der Waals surface area (Å²) in [5.74, 6) is -0.125. The van der Waals surface area contributed by atoms with Crippen molar-refractivity contribution >= 4 is 50.4 Å². The highest BCUT2D eigenvalue weighted by Crippen LogP contribution is 2.28. The van der Waals surface area contributed by atoms with Crippen molar-refractivity contribution in [3.63, 3.8) is 0 Å². The number of amides is 1. The normalized spacial score (nSPS) is 12.5. The molecule has 22 heavy (non-hydrogen) atoms. The number of carbonyl (C=O) groups excluding carboxylic acids is 1. The highest BCUT2D eigenvalue weighted by Gasteiger charge is 2.15. The third kappa shape index (κ3) is 3.30. The predicted octanol–water partition coefficient (Wildman–Crippen LogP) is 4.13. The van der Waals surface area contributed by atoms with Gasteiger partial charge in [0.15, 0.2) is 0 Å². The molecule has 0 aliphatic carbocycles. The molecule has 1 amide bonds. The summed E-state index contributed by atoms with van der Waals surface area (Å²) in [6.07, 6.45) is -0.200. The maximum atomic E-state index is 12.3. The summed E-state index contributed by atoms with van der Waals surface area (Å²) < 4.78 is 7.13. The largest absolute Gasteiger partial charge is 0.374 e. The van der Waals surface area contributed by atoms with Gasteiger partial charge in [0.1, 0.15) is 6.10 Å². The lowest BCUT2D eigenvalue weighted by molar-refractivity contribution is 0.0838. The van der Waals surface area contributed by atoms with Crippen molar-refractivity contribution < 1.29 is 9.53 Å². The monoisotopic (exact) mass is 352 g/mol. The van der Waals surface area contributed by atoms with Gasteiger partial charge in [0, 0.05) is 24.1 Å². The van der Waals surface area contributed by atoms with E-state index in [0.29, 0.717) is 16.4 Å². The van der Waals surface area contributed by atoms with Crippen molar-refractivity contribution in [2.24, 2.45) is 0 Å². The topological polar surface area (TPSA) is 51.2 Å². The molecular formula is C15H13ClN2O2S2. The number of hydrogen-bond donors (Lipinski definition) is 1. The number of methoxy groups -OCH3 is 1. The highest BCUT2D eigenvalue weighted by molar-refractivity contribution is 7.16. The van der Waals surface area contributed by atoms with E-state index in [9.17, 15) is 4.79 Å². The number of thiophene rings is 1. The predicted molar refractivity (Wildman–Crippen MR) is 91.0 cm³/mol. The van der Waals surface area contributed by atoms with E-state index in [1.54, 1.807) is 18.7 Å². The van der Waals surface area contributed by atoms with E-state index >= 15 is 0 Å². The molecule has 0 unspecified atom stereocenters. The third-order valence-electron chi connectivity index (χ3n) is 3.24. The number of aromatic nitrogens is 1. The first-order valence-electron chi connectivity index (χ1n) is 6.57. The second kappa shape index (κ2) is 6.75. The smallest absolute Gasteiger partial charge is 0.251 e. The van der Waals surface area contributed by atoms with Gasteiger partial charge < -0.3 is 10.1 Å². The fraction of sp³-hybridized carbons (Fsp3) is 0.200. The number of ether oxygens (including phenoxy) is 1. The SMILES string of the molecule is CO[C@H](CNC(=O)c1ccc2ncsc2c1)c1ccc(Cl)s1. The molecule has 0 radical (unpaired) electrons. The molecule has 7 heteroatoms. The average molecular weight is 353 g/mol. The molecule has 4 nitrogen and oxygen atoms in total. The Balaban J connectivity index is 1.68. The Hall–Kier alpha value is -1.47. The molecule has 0 aliphatic heterocycles. The van der Waals surface area contributed by atoms with E-state index in [-0.39, 0.29) is 12.0 Å². The first kappa shape index (κ1) is 15.4. The van der Waals surface area contributed by atoms with Crippen molar-refractivity contribution in [2.45, 2.75) is 6.10 Å². The minimum atomic E-state index is -0.200. The van der Waals surface area contributed by atoms with Crippen molar-refractivity contribution in [1.29, 1.82) is 0 Å². The lowest BCUT2D eigenvalue weighted by atomic mass is 10.2. The maximum absolute atomic E-state index is 12.3. The second-order valence-electron chi connectivity index (χ2n) is 4.61. The van der Waals surface area contributed by atoms with Gasteiger partial charge in [-0.15, -0.1) is 22.7 Å². The fourth-order valence-corrected chi connectivity index (χ4v) is 3.94. The Morgan fingerprint density at radius 3 is 3.00 bits per heavy atom. The van der Waals surface area contributed by atoms with Crippen LogP contribution in [0.5, 0.6) is 0 Å². The zero-order valence-electron chi connectivity index (χ0n) is 11.7. The number of halogens is 1. The van der Waals surface area contributed by atoms with Crippen molar-refractivity contribution in [2.75, 3.05) is 13.7 Å². The maximum Gasteiger partial charge on any atom is 0.251 e. The first-order chi connectivity index (χ1) is 10.7. The number of hydrogen-bond acceptors (Lipinski definition) is 5. The molecule has 3 rings (SSSR count). The number of nitrogens with one attached hydrogen (secondary N) is 1. The minimum absolute atomic E-state index is 0.125. The van der Waals surface area contributed by atoms with Gasteiger partial charge in [0.2, 0.25) is 0 Å². The van der Waals surface area contributed by atoms with Crippen LogP contribution in [0.4, 0.5) is 0 Å². The average Bonchev–Trinajstić information content (AvgIpc) is 3.15. The Morgan fingerprint density at radius 2 is 2.27 bits per heavy atom. The second-order valence-corrected chi connectivity index (χ2v) is 7.24. The molecule has 1 atom stereocenters. The zero-order valence-corrected chi connectivity index (χ0v) is 14.1. The van der Waals surface area contributed by atoms with Gasteiger partial charge in [0.05, 0.1) is 20.1 Å². The van der Waals surface area contributed by atoms with Crippen LogP contribution in [0.2, 0.25) is 4.34 Å². The molecule has 1 N–H and O–H groups in total. The van der Waals surface area contributed by atoms with Gasteiger partial charge in [-0.1, -0.05) is 11.6 Å². The molecule has 3 aromatic rings. The van der Waals surface area contributed by atoms with Crippen LogP contribution >= 0.6 is 34.3 Å². The van der Waals surface area contributed by atoms with E-state index in [2.05, 4.69) is 10.3 Å². The summed E-state index contributed by atoms with van der Waals surface area (Å²) in [6.45, 7) is 0.396. The standard InChI is InChI=1S/C15H13ClN2O2S2/c1-20-11(12-4-5-14(16)22-12)7-17-15(19)9-2-3-10-13(6-9)21-8-18-10/h2-6,8,11H,7H2,1H3,(H,17,19)/t11-/m1/s1. The molecule has 0 saturated carbocycles. The molecule has 0 saturated heterocycles. The van der Waals surface area contributed by atoms with E-state index in [0.717, 1.165) is 15.1 Å². The Bertz CT molecular complexity index is 800. The number of nitrogens with zero attached hydrogens (tertiary/aromatic N) is 1. The molecular weight excluding hydrogens is 340 g/mol. The number of rotatable bonds is 5. The fourth-order valence-electron chi connectivity index (χ4n) is 2.09. The van der Waals surface area contributed by atoms with Crippen LogP contribution in [0.25, 0.3) is 10.2 Å². The van der Waals surface area contributed by atoms with Crippen LogP contribution in [0, 0.1) is 0 Å². The van der Waals surface area contributed by atoms with Crippen LogP contribution < -0.4 is 5.32 Å². The lowest BCUT2D eigenvalue weighted by Crippen LogP contribution is -2.28. The molecule has 0 bridgehead atoms. The molecule has 114 valence electrons. The summed E-state index contributed by atoms with van der Waals surface area (Å²) in [5.41, 5.74) is 3.30. The Morgan fingerprint density at radius 1 is 1.41 bits per heavy atom. The van der Waals surface area contributed by atoms with Crippen LogP contribution in [0.3, 0.4) is 0 Å². The summed E-state index contributed by atoms with van der Waals surface area (Å²) in [6, 6.07) is 9.23. The quantitative estimate of drug-likeness (QED) is 0.751. The molecule has 0 fully saturated rings. The van der Waals surface area contributed by atoms with Gasteiger partial charge in [-0.3, -0.25) is 4.79 Å². The van der Waals surface area contributed by atoms with Crippen LogP contribution in [0.1, 0.15) is 21.3 Å². The number of benzene rings is 1. The van der Waals surface area contributed by atoms with E-state index in [4.69, 9.17) is 16.3 Å². The zero-order chi connectivity index (χ0) is 15.5. The third-order valence-corrected chi connectivity index (χ3v) is 5.35.